The highest BCUT2D eigenvalue weighted by Gasteiger charge is 2.08. The van der Waals surface area contributed by atoms with E-state index in [1.165, 1.54) is 0 Å². The minimum Gasteiger partial charge on any atom is -0.492 e. The molecule has 0 bridgehead atoms. The van der Waals surface area contributed by atoms with E-state index in [1.54, 1.807) is 12.1 Å². The number of nitrogens with two attached hydrogens (primary N) is 1. The van der Waals surface area contributed by atoms with Crippen LogP contribution in [-0.4, -0.2) is 27.3 Å². The Morgan fingerprint density at radius 2 is 2.11 bits per heavy atom. The van der Waals surface area contributed by atoms with Gasteiger partial charge in [-0.15, -0.1) is 0 Å². The summed E-state index contributed by atoms with van der Waals surface area (Å²) in [4.78, 5) is 0. The second-order valence-electron chi connectivity index (χ2n) is 4.43. The summed E-state index contributed by atoms with van der Waals surface area (Å²) in [5.74, 6) is 0.865. The summed E-state index contributed by atoms with van der Waals surface area (Å²) in [5.41, 5.74) is 7.36. The fourth-order valence-corrected chi connectivity index (χ4v) is 2.72. The van der Waals surface area contributed by atoms with Crippen molar-refractivity contribution in [1.82, 2.24) is 4.72 Å². The van der Waals surface area contributed by atoms with Gasteiger partial charge in [-0.2, -0.15) is 0 Å². The molecule has 1 aromatic rings. The number of hydrogen-bond donors (Lipinski definition) is 2. The first kappa shape index (κ1) is 15.8. The second-order valence-corrected chi connectivity index (χ2v) is 6.36. The topological polar surface area (TPSA) is 81.4 Å². The molecule has 0 aromatic heterocycles. The van der Waals surface area contributed by atoms with E-state index in [2.05, 4.69) is 4.72 Å². The van der Waals surface area contributed by atoms with Gasteiger partial charge in [0, 0.05) is 12.2 Å². The number of nitrogen functional groups attached to an aromatic ring is 1. The van der Waals surface area contributed by atoms with Crippen LogP contribution in [0.5, 0.6) is 5.75 Å². The van der Waals surface area contributed by atoms with Gasteiger partial charge in [0.2, 0.25) is 10.0 Å². The quantitative estimate of drug-likeness (QED) is 0.562. The maximum Gasteiger partial charge on any atom is 0.211 e. The van der Waals surface area contributed by atoms with E-state index in [1.807, 2.05) is 19.9 Å². The Kier molecular flexibility index (Phi) is 6.11. The molecule has 0 aliphatic heterocycles. The molecule has 3 N–H and O–H groups in total. The third-order valence-corrected chi connectivity index (χ3v) is 4.17. The van der Waals surface area contributed by atoms with Crippen LogP contribution in [-0.2, 0) is 10.0 Å². The molecule has 0 amide bonds. The summed E-state index contributed by atoms with van der Waals surface area (Å²) >= 11 is 0. The molecule has 108 valence electrons. The van der Waals surface area contributed by atoms with E-state index in [0.717, 1.165) is 12.0 Å². The van der Waals surface area contributed by atoms with Crippen LogP contribution in [0.2, 0.25) is 0 Å². The van der Waals surface area contributed by atoms with E-state index in [-0.39, 0.29) is 12.3 Å². The normalized spacial score (nSPS) is 11.5. The summed E-state index contributed by atoms with van der Waals surface area (Å²) in [6, 6.07) is 5.38. The molecule has 0 heterocycles. The van der Waals surface area contributed by atoms with E-state index in [4.69, 9.17) is 10.5 Å². The summed E-state index contributed by atoms with van der Waals surface area (Å²) in [6.45, 7) is 4.43. The highest BCUT2D eigenvalue weighted by molar-refractivity contribution is 7.89. The first-order valence-electron chi connectivity index (χ1n) is 6.41. The van der Waals surface area contributed by atoms with Gasteiger partial charge < -0.3 is 10.5 Å². The van der Waals surface area contributed by atoms with Crippen molar-refractivity contribution in [2.24, 2.45) is 0 Å². The number of nitrogens with one attached hydrogen (secondary N) is 1. The van der Waals surface area contributed by atoms with Gasteiger partial charge in [-0.3, -0.25) is 0 Å². The lowest BCUT2D eigenvalue weighted by molar-refractivity contribution is 0.322. The molecule has 1 rings (SSSR count). The van der Waals surface area contributed by atoms with E-state index >= 15 is 0 Å². The largest absolute Gasteiger partial charge is 0.492 e. The molecule has 5 nitrogen and oxygen atoms in total. The molecule has 0 aliphatic rings. The zero-order chi connectivity index (χ0) is 14.3. The zero-order valence-corrected chi connectivity index (χ0v) is 12.3. The Hall–Kier alpha value is -1.27. The number of rotatable bonds is 8. The predicted molar refractivity (Wildman–Crippen MR) is 77.8 cm³/mol. The molecule has 1 aromatic carbocycles. The fraction of sp³-hybridized carbons (Fsp3) is 0.538. The number of anilines is 1. The molecular weight excluding hydrogens is 264 g/mol. The Balaban J connectivity index is 2.32. The summed E-state index contributed by atoms with van der Waals surface area (Å²) in [6.07, 6.45) is 1.54. The van der Waals surface area contributed by atoms with Crippen LogP contribution in [0.3, 0.4) is 0 Å². The van der Waals surface area contributed by atoms with Crippen LogP contribution < -0.4 is 15.2 Å². The minimum atomic E-state index is -3.16. The maximum absolute atomic E-state index is 11.5. The molecule has 0 spiro atoms. The van der Waals surface area contributed by atoms with Crippen molar-refractivity contribution in [2.45, 2.75) is 26.7 Å². The van der Waals surface area contributed by atoms with Crippen LogP contribution >= 0.6 is 0 Å². The van der Waals surface area contributed by atoms with Gasteiger partial charge in [-0.1, -0.05) is 13.3 Å². The van der Waals surface area contributed by atoms with Gasteiger partial charge in [0.25, 0.3) is 0 Å². The summed E-state index contributed by atoms with van der Waals surface area (Å²) < 4.78 is 31.0. The number of sulfonamides is 1. The third kappa shape index (κ3) is 5.94. The highest BCUT2D eigenvalue weighted by Crippen LogP contribution is 2.18. The second kappa shape index (κ2) is 7.35. The lowest BCUT2D eigenvalue weighted by Crippen LogP contribution is -2.30. The minimum absolute atomic E-state index is 0.171. The van der Waals surface area contributed by atoms with Crippen molar-refractivity contribution >= 4 is 15.7 Å². The standard InChI is InChI=1S/C13H22N2O3S/c1-3-4-9-19(16,17)15-7-8-18-12-5-6-13(14)11(2)10-12/h5-6,10,15H,3-4,7-9,14H2,1-2H3. The lowest BCUT2D eigenvalue weighted by atomic mass is 10.2. The number of hydrogen-bond acceptors (Lipinski definition) is 4. The number of benzene rings is 1. The van der Waals surface area contributed by atoms with Gasteiger partial charge in [-0.25, -0.2) is 13.1 Å². The molecule has 0 saturated heterocycles. The molecule has 0 aliphatic carbocycles. The average Bonchev–Trinajstić information content (AvgIpc) is 2.36. The van der Waals surface area contributed by atoms with Crippen LogP contribution in [0, 0.1) is 6.92 Å². The molecule has 6 heteroatoms. The van der Waals surface area contributed by atoms with E-state index in [9.17, 15) is 8.42 Å². The van der Waals surface area contributed by atoms with Crippen molar-refractivity contribution in [3.8, 4) is 5.75 Å². The summed E-state index contributed by atoms with van der Waals surface area (Å²) in [7, 11) is -3.16. The molecule has 19 heavy (non-hydrogen) atoms. The smallest absolute Gasteiger partial charge is 0.211 e. The molecular formula is C13H22N2O3S. The SMILES string of the molecule is CCCCS(=O)(=O)NCCOc1ccc(N)c(C)c1. The van der Waals surface area contributed by atoms with Crippen molar-refractivity contribution in [1.29, 1.82) is 0 Å². The first-order chi connectivity index (χ1) is 8.94. The van der Waals surface area contributed by atoms with Crippen molar-refractivity contribution in [2.75, 3.05) is 24.6 Å². The Labute approximate surface area is 115 Å². The highest BCUT2D eigenvalue weighted by atomic mass is 32.2. The predicted octanol–water partition coefficient (Wildman–Crippen LogP) is 1.68. The average molecular weight is 286 g/mol. The monoisotopic (exact) mass is 286 g/mol. The molecule has 0 saturated carbocycles. The number of aryl methyl sites for hydroxylation is 1. The number of ether oxygens (including phenoxy) is 1. The Bertz CT molecular complexity index is 501. The molecule has 0 atom stereocenters. The van der Waals surface area contributed by atoms with Gasteiger partial charge in [0.1, 0.15) is 12.4 Å². The molecule has 0 radical (unpaired) electrons. The van der Waals surface area contributed by atoms with E-state index in [0.29, 0.717) is 24.5 Å². The van der Waals surface area contributed by atoms with Crippen LogP contribution in [0.15, 0.2) is 18.2 Å². The first-order valence-corrected chi connectivity index (χ1v) is 8.06. The van der Waals surface area contributed by atoms with Gasteiger partial charge in [0.15, 0.2) is 0 Å². The Morgan fingerprint density at radius 1 is 1.37 bits per heavy atom. The van der Waals surface area contributed by atoms with Crippen molar-refractivity contribution in [3.05, 3.63) is 23.8 Å². The molecule has 0 fully saturated rings. The van der Waals surface area contributed by atoms with Crippen LogP contribution in [0.25, 0.3) is 0 Å². The van der Waals surface area contributed by atoms with Gasteiger partial charge in [-0.05, 0) is 37.1 Å². The van der Waals surface area contributed by atoms with Gasteiger partial charge >= 0.3 is 0 Å². The Morgan fingerprint density at radius 3 is 2.74 bits per heavy atom. The van der Waals surface area contributed by atoms with Crippen molar-refractivity contribution < 1.29 is 13.2 Å². The van der Waals surface area contributed by atoms with Crippen LogP contribution in [0.4, 0.5) is 5.69 Å². The van der Waals surface area contributed by atoms with Crippen LogP contribution in [0.1, 0.15) is 25.3 Å². The lowest BCUT2D eigenvalue weighted by Gasteiger charge is -2.09. The maximum atomic E-state index is 11.5. The summed E-state index contributed by atoms with van der Waals surface area (Å²) in [5, 5.41) is 0. The zero-order valence-electron chi connectivity index (χ0n) is 11.5. The van der Waals surface area contributed by atoms with Gasteiger partial charge in [0.05, 0.1) is 5.75 Å². The van der Waals surface area contributed by atoms with E-state index < -0.39 is 10.0 Å². The number of unbranched alkanes of at least 4 members (excludes halogenated alkanes) is 1. The molecule has 0 unspecified atom stereocenters. The third-order valence-electron chi connectivity index (χ3n) is 2.70. The van der Waals surface area contributed by atoms with Crippen molar-refractivity contribution in [3.63, 3.8) is 0 Å². The fourth-order valence-electron chi connectivity index (χ4n) is 1.51.